The maximum absolute atomic E-state index is 12.2. The number of Topliss-reactive ketones (excluding diaryl/α,β-unsaturated/α-hetero) is 1. The van der Waals surface area contributed by atoms with Crippen LogP contribution in [-0.2, 0) is 9.53 Å². The molecule has 0 bridgehead atoms. The molecule has 8 heteroatoms. The predicted octanol–water partition coefficient (Wildman–Crippen LogP) is 3.67. The van der Waals surface area contributed by atoms with Gasteiger partial charge >= 0.3 is 12.6 Å². The summed E-state index contributed by atoms with van der Waals surface area (Å²) in [6.07, 6.45) is -1.12. The van der Waals surface area contributed by atoms with Crippen molar-refractivity contribution in [3.63, 3.8) is 0 Å². The summed E-state index contributed by atoms with van der Waals surface area (Å²) in [5.41, 5.74) is 0.905. The number of halogens is 2. The van der Waals surface area contributed by atoms with Crippen LogP contribution < -0.4 is 10.1 Å². The van der Waals surface area contributed by atoms with Crippen LogP contribution in [0.25, 0.3) is 0 Å². The summed E-state index contributed by atoms with van der Waals surface area (Å²) in [5, 5.41) is 2.55. The first-order valence-corrected chi connectivity index (χ1v) is 7.94. The largest absolute Gasteiger partial charge is 0.449 e. The highest BCUT2D eigenvalue weighted by atomic mass is 19.3. The van der Waals surface area contributed by atoms with Crippen molar-refractivity contribution in [2.24, 2.45) is 0 Å². The van der Waals surface area contributed by atoms with Crippen LogP contribution >= 0.6 is 0 Å². The van der Waals surface area contributed by atoms with Gasteiger partial charge in [0.2, 0.25) is 0 Å². The second-order valence-corrected chi connectivity index (χ2v) is 5.58. The predicted molar refractivity (Wildman–Crippen MR) is 93.0 cm³/mol. The van der Waals surface area contributed by atoms with Gasteiger partial charge in [-0.05, 0) is 50.2 Å². The summed E-state index contributed by atoms with van der Waals surface area (Å²) >= 11 is 0. The second-order valence-electron chi connectivity index (χ2n) is 5.58. The lowest BCUT2D eigenvalue weighted by Gasteiger charge is -2.14. The van der Waals surface area contributed by atoms with Crippen LogP contribution in [0.1, 0.15) is 34.6 Å². The number of ketones is 1. The van der Waals surface area contributed by atoms with Gasteiger partial charge in [0.05, 0.1) is 5.56 Å². The third-order valence-corrected chi connectivity index (χ3v) is 3.50. The highest BCUT2D eigenvalue weighted by Gasteiger charge is 2.19. The van der Waals surface area contributed by atoms with Crippen molar-refractivity contribution in [3.05, 3.63) is 59.7 Å². The first kappa shape index (κ1) is 20.0. The number of nitrogens with one attached hydrogen (secondary N) is 1. The quantitative estimate of drug-likeness (QED) is 0.588. The summed E-state index contributed by atoms with van der Waals surface area (Å²) in [6.45, 7) is -0.174. The van der Waals surface area contributed by atoms with Crippen LogP contribution in [0.3, 0.4) is 0 Å². The van der Waals surface area contributed by atoms with Crippen molar-refractivity contribution in [3.8, 4) is 5.75 Å². The zero-order valence-corrected chi connectivity index (χ0v) is 14.6. The Labute approximate surface area is 154 Å². The monoisotopic (exact) mass is 377 g/mol. The number of carbonyl (C=O) groups excluding carboxylic acids is 3. The van der Waals surface area contributed by atoms with Gasteiger partial charge in [0.15, 0.2) is 11.9 Å². The van der Waals surface area contributed by atoms with Crippen LogP contribution in [0.5, 0.6) is 5.75 Å². The molecule has 1 atom stereocenters. The molecular weight excluding hydrogens is 360 g/mol. The summed E-state index contributed by atoms with van der Waals surface area (Å²) in [7, 11) is 0. The van der Waals surface area contributed by atoms with E-state index in [9.17, 15) is 23.2 Å². The maximum Gasteiger partial charge on any atom is 0.387 e. The maximum atomic E-state index is 12.2. The van der Waals surface area contributed by atoms with Crippen LogP contribution in [0.2, 0.25) is 0 Å². The van der Waals surface area contributed by atoms with Gasteiger partial charge in [0.1, 0.15) is 5.75 Å². The fraction of sp³-hybridized carbons (Fsp3) is 0.211. The number of benzene rings is 2. The molecule has 1 N–H and O–H groups in total. The van der Waals surface area contributed by atoms with Gasteiger partial charge in [-0.25, -0.2) is 4.79 Å². The molecule has 2 aromatic rings. The minimum atomic E-state index is -2.96. The minimum Gasteiger partial charge on any atom is -0.449 e. The van der Waals surface area contributed by atoms with Crippen LogP contribution in [0.15, 0.2) is 48.5 Å². The van der Waals surface area contributed by atoms with Crippen molar-refractivity contribution in [2.75, 3.05) is 5.32 Å². The van der Waals surface area contributed by atoms with Gasteiger partial charge < -0.3 is 14.8 Å². The normalized spacial score (nSPS) is 11.6. The SMILES string of the molecule is CC(=O)c1cccc(NC(=O)[C@H](C)OC(=O)c2ccc(OC(F)F)cc2)c1. The van der Waals surface area contributed by atoms with Crippen LogP contribution in [0.4, 0.5) is 14.5 Å². The van der Waals surface area contributed by atoms with Gasteiger partial charge in [0, 0.05) is 11.3 Å². The van der Waals surface area contributed by atoms with Crippen molar-refractivity contribution in [1.82, 2.24) is 0 Å². The van der Waals surface area contributed by atoms with E-state index in [-0.39, 0.29) is 17.1 Å². The van der Waals surface area contributed by atoms with Gasteiger partial charge in [-0.2, -0.15) is 8.78 Å². The molecule has 0 unspecified atom stereocenters. The number of esters is 1. The molecule has 0 aliphatic rings. The van der Waals surface area contributed by atoms with Crippen LogP contribution in [-0.4, -0.2) is 30.4 Å². The standard InChI is InChI=1S/C19H17F2NO5/c1-11(23)14-4-3-5-15(10-14)22-17(24)12(2)26-18(25)13-6-8-16(9-7-13)27-19(20)21/h3-10,12,19H,1-2H3,(H,22,24)/t12-/m0/s1. The molecule has 1 amide bonds. The highest BCUT2D eigenvalue weighted by molar-refractivity contribution is 5.99. The zero-order valence-electron chi connectivity index (χ0n) is 14.6. The third kappa shape index (κ3) is 5.88. The molecule has 0 radical (unpaired) electrons. The fourth-order valence-electron chi connectivity index (χ4n) is 2.11. The van der Waals surface area contributed by atoms with Gasteiger partial charge in [-0.3, -0.25) is 9.59 Å². The van der Waals surface area contributed by atoms with E-state index in [1.54, 1.807) is 18.2 Å². The Kier molecular flexibility index (Phi) is 6.59. The summed E-state index contributed by atoms with van der Waals surface area (Å²) in [6, 6.07) is 11.2. The lowest BCUT2D eigenvalue weighted by molar-refractivity contribution is -0.123. The second kappa shape index (κ2) is 8.88. The van der Waals surface area contributed by atoms with Crippen LogP contribution in [0, 0.1) is 0 Å². The first-order chi connectivity index (χ1) is 12.8. The topological polar surface area (TPSA) is 81.7 Å². The Morgan fingerprint density at radius 2 is 1.67 bits per heavy atom. The molecule has 0 spiro atoms. The van der Waals surface area contributed by atoms with E-state index >= 15 is 0 Å². The first-order valence-electron chi connectivity index (χ1n) is 7.94. The number of carbonyl (C=O) groups is 3. The number of amides is 1. The number of rotatable bonds is 7. The lowest BCUT2D eigenvalue weighted by atomic mass is 10.1. The minimum absolute atomic E-state index is 0.0786. The molecule has 2 rings (SSSR count). The average molecular weight is 377 g/mol. The number of hydrogen-bond donors (Lipinski definition) is 1. The summed E-state index contributed by atoms with van der Waals surface area (Å²) < 4.78 is 33.5. The van der Waals surface area contributed by atoms with E-state index in [1.165, 1.54) is 44.2 Å². The number of hydrogen-bond acceptors (Lipinski definition) is 5. The summed E-state index contributed by atoms with van der Waals surface area (Å²) in [4.78, 5) is 35.6. The van der Waals surface area contributed by atoms with E-state index in [4.69, 9.17) is 4.74 Å². The molecule has 0 fully saturated rings. The Bertz CT molecular complexity index is 836. The molecule has 2 aromatic carbocycles. The molecule has 0 heterocycles. The van der Waals surface area contributed by atoms with Crippen molar-refractivity contribution in [2.45, 2.75) is 26.6 Å². The van der Waals surface area contributed by atoms with E-state index in [0.29, 0.717) is 11.3 Å². The van der Waals surface area contributed by atoms with Crippen molar-refractivity contribution < 1.29 is 32.6 Å². The molecule has 142 valence electrons. The Hall–Kier alpha value is -3.29. The lowest BCUT2D eigenvalue weighted by Crippen LogP contribution is -2.30. The van der Waals surface area contributed by atoms with E-state index in [1.807, 2.05) is 0 Å². The zero-order chi connectivity index (χ0) is 20.0. The molecule has 0 aromatic heterocycles. The summed E-state index contributed by atoms with van der Waals surface area (Å²) in [5.74, 6) is -1.62. The number of ether oxygens (including phenoxy) is 2. The Morgan fingerprint density at radius 1 is 1.00 bits per heavy atom. The molecule has 0 saturated carbocycles. The molecular formula is C19H17F2NO5. The molecule has 0 aliphatic heterocycles. The number of alkyl halides is 2. The molecule has 0 aliphatic carbocycles. The van der Waals surface area contributed by atoms with E-state index < -0.39 is 24.6 Å². The van der Waals surface area contributed by atoms with Crippen molar-refractivity contribution >= 4 is 23.3 Å². The third-order valence-electron chi connectivity index (χ3n) is 3.50. The molecule has 27 heavy (non-hydrogen) atoms. The Balaban J connectivity index is 1.96. The van der Waals surface area contributed by atoms with E-state index in [0.717, 1.165) is 0 Å². The van der Waals surface area contributed by atoms with Gasteiger partial charge in [0.25, 0.3) is 5.91 Å². The van der Waals surface area contributed by atoms with Crippen molar-refractivity contribution in [1.29, 1.82) is 0 Å². The highest BCUT2D eigenvalue weighted by Crippen LogP contribution is 2.16. The molecule has 0 saturated heterocycles. The fourth-order valence-corrected chi connectivity index (χ4v) is 2.11. The van der Waals surface area contributed by atoms with E-state index in [2.05, 4.69) is 10.1 Å². The Morgan fingerprint density at radius 3 is 2.26 bits per heavy atom. The molecule has 6 nitrogen and oxygen atoms in total. The smallest absolute Gasteiger partial charge is 0.387 e. The van der Waals surface area contributed by atoms with Gasteiger partial charge in [-0.15, -0.1) is 0 Å². The number of anilines is 1. The van der Waals surface area contributed by atoms with Gasteiger partial charge in [-0.1, -0.05) is 12.1 Å². The average Bonchev–Trinajstić information content (AvgIpc) is 2.61.